The molecule has 2 unspecified atom stereocenters. The number of nitrogens with one attached hydrogen (secondary N) is 1. The number of halogens is 5. The molecule has 0 aliphatic rings. The van der Waals surface area contributed by atoms with Gasteiger partial charge in [-0.3, -0.25) is 9.59 Å². The summed E-state index contributed by atoms with van der Waals surface area (Å²) in [7, 11) is 0. The van der Waals surface area contributed by atoms with Gasteiger partial charge in [0.15, 0.2) is 0 Å². The summed E-state index contributed by atoms with van der Waals surface area (Å²) < 4.78 is 58.8. The van der Waals surface area contributed by atoms with Gasteiger partial charge in [-0.15, -0.1) is 0 Å². The van der Waals surface area contributed by atoms with E-state index >= 15 is 4.39 Å². The molecule has 0 fully saturated rings. The van der Waals surface area contributed by atoms with Gasteiger partial charge in [-0.25, -0.2) is 17.6 Å². The van der Waals surface area contributed by atoms with Crippen LogP contribution in [0.25, 0.3) is 11.1 Å². The van der Waals surface area contributed by atoms with Crippen molar-refractivity contribution >= 4 is 27.8 Å². The molecule has 0 aliphatic carbocycles. The number of hydrogen-bond acceptors (Lipinski definition) is 2. The molecule has 31 heavy (non-hydrogen) atoms. The van der Waals surface area contributed by atoms with Crippen molar-refractivity contribution in [1.82, 2.24) is 5.32 Å². The van der Waals surface area contributed by atoms with E-state index in [2.05, 4.69) is 21.2 Å². The predicted molar refractivity (Wildman–Crippen MR) is 112 cm³/mol. The van der Waals surface area contributed by atoms with Gasteiger partial charge < -0.3 is 10.4 Å². The Labute approximate surface area is 185 Å². The molecule has 0 heterocycles. The number of hydrogen-bond donors (Lipinski definition) is 2. The summed E-state index contributed by atoms with van der Waals surface area (Å²) in [6.45, 7) is 4.99. The number of aliphatic carboxylic acids is 1. The maximum absolute atomic E-state index is 15.4. The zero-order valence-electron chi connectivity index (χ0n) is 17.1. The number of rotatable bonds is 8. The van der Waals surface area contributed by atoms with Crippen molar-refractivity contribution < 1.29 is 32.3 Å². The molecule has 2 aromatic carbocycles. The lowest BCUT2D eigenvalue weighted by Crippen LogP contribution is -2.37. The number of amides is 1. The third-order valence-corrected chi connectivity index (χ3v) is 5.44. The average molecular weight is 504 g/mol. The highest BCUT2D eigenvalue weighted by Crippen LogP contribution is 2.36. The SMILES string of the molecule is Cc1cc(-c2c(F)cccc2F)c(F)c(C(CC(=O)O)NC(=O)C(Br)CC(C)C)c1F. The molecule has 2 N–H and O–H groups in total. The van der Waals surface area contributed by atoms with Crippen molar-refractivity contribution in [1.29, 1.82) is 0 Å². The molecular formula is C22H22BrF4NO3. The van der Waals surface area contributed by atoms with E-state index in [0.29, 0.717) is 6.42 Å². The molecule has 2 atom stereocenters. The van der Waals surface area contributed by atoms with Gasteiger partial charge in [0.05, 0.1) is 22.9 Å². The minimum atomic E-state index is -1.59. The van der Waals surface area contributed by atoms with Crippen LogP contribution in [-0.4, -0.2) is 21.8 Å². The Bertz CT molecular complexity index is 977. The normalized spacial score (nSPS) is 13.2. The second kappa shape index (κ2) is 10.3. The number of alkyl halides is 1. The highest BCUT2D eigenvalue weighted by Gasteiger charge is 2.31. The van der Waals surface area contributed by atoms with Crippen molar-refractivity contribution in [2.45, 2.75) is 44.5 Å². The number of benzene rings is 2. The molecule has 0 spiro atoms. The van der Waals surface area contributed by atoms with Gasteiger partial charge in [0.1, 0.15) is 23.3 Å². The number of carboxylic acids is 1. The molecule has 2 aromatic rings. The molecular weight excluding hydrogens is 482 g/mol. The van der Waals surface area contributed by atoms with E-state index in [9.17, 15) is 27.9 Å². The molecule has 0 saturated carbocycles. The fourth-order valence-corrected chi connectivity index (χ4v) is 4.10. The molecule has 2 rings (SSSR count). The van der Waals surface area contributed by atoms with Crippen molar-refractivity contribution in [3.05, 3.63) is 58.7 Å². The van der Waals surface area contributed by atoms with Crippen molar-refractivity contribution in [3.8, 4) is 11.1 Å². The van der Waals surface area contributed by atoms with Crippen LogP contribution in [0.1, 0.15) is 43.9 Å². The smallest absolute Gasteiger partial charge is 0.305 e. The van der Waals surface area contributed by atoms with Crippen LogP contribution < -0.4 is 5.32 Å². The standard InChI is InChI=1S/C22H22BrF4NO3/c1-10(2)7-13(23)22(31)28-16(9-17(29)30)19-20(26)11(3)8-12(21(19)27)18-14(24)5-4-6-15(18)25/h4-6,8,10,13,16H,7,9H2,1-3H3,(H,28,31)(H,29,30). The third-order valence-electron chi connectivity index (χ3n) is 4.66. The van der Waals surface area contributed by atoms with Crippen LogP contribution in [-0.2, 0) is 9.59 Å². The Hall–Kier alpha value is -2.42. The summed E-state index contributed by atoms with van der Waals surface area (Å²) in [6.07, 6.45) is -0.431. The fourth-order valence-electron chi connectivity index (χ4n) is 3.22. The van der Waals surface area contributed by atoms with Gasteiger partial charge in [0.2, 0.25) is 5.91 Å². The molecule has 0 saturated heterocycles. The maximum atomic E-state index is 15.4. The summed E-state index contributed by atoms with van der Waals surface area (Å²) >= 11 is 3.19. The summed E-state index contributed by atoms with van der Waals surface area (Å²) in [5, 5.41) is 11.6. The van der Waals surface area contributed by atoms with Crippen LogP contribution in [0.5, 0.6) is 0 Å². The molecule has 0 radical (unpaired) electrons. The number of carboxylic acid groups (broad SMARTS) is 1. The first kappa shape index (κ1) is 24.8. The first-order valence-corrected chi connectivity index (χ1v) is 10.4. The summed E-state index contributed by atoms with van der Waals surface area (Å²) in [5.41, 5.74) is -2.19. The second-order valence-electron chi connectivity index (χ2n) is 7.64. The van der Waals surface area contributed by atoms with Gasteiger partial charge in [-0.2, -0.15) is 0 Å². The van der Waals surface area contributed by atoms with Crippen molar-refractivity contribution in [2.24, 2.45) is 5.92 Å². The van der Waals surface area contributed by atoms with Crippen LogP contribution in [0.3, 0.4) is 0 Å². The molecule has 0 aliphatic heterocycles. The lowest BCUT2D eigenvalue weighted by molar-refractivity contribution is -0.137. The third kappa shape index (κ3) is 5.84. The lowest BCUT2D eigenvalue weighted by Gasteiger charge is -2.23. The van der Waals surface area contributed by atoms with Gasteiger partial charge in [-0.1, -0.05) is 35.8 Å². The van der Waals surface area contributed by atoms with Crippen molar-refractivity contribution in [3.63, 3.8) is 0 Å². The summed E-state index contributed by atoms with van der Waals surface area (Å²) in [6, 6.07) is 2.30. The van der Waals surface area contributed by atoms with Gasteiger partial charge in [0, 0.05) is 11.1 Å². The van der Waals surface area contributed by atoms with Crippen LogP contribution in [0.15, 0.2) is 24.3 Å². The van der Waals surface area contributed by atoms with Crippen molar-refractivity contribution in [2.75, 3.05) is 0 Å². The first-order valence-electron chi connectivity index (χ1n) is 9.53. The van der Waals surface area contributed by atoms with E-state index < -0.39 is 69.1 Å². The van der Waals surface area contributed by atoms with Crippen LogP contribution in [0, 0.1) is 36.1 Å². The molecule has 9 heteroatoms. The topological polar surface area (TPSA) is 66.4 Å². The Balaban J connectivity index is 2.62. The molecule has 4 nitrogen and oxygen atoms in total. The van der Waals surface area contributed by atoms with Crippen LogP contribution >= 0.6 is 15.9 Å². The maximum Gasteiger partial charge on any atom is 0.305 e. The first-order chi connectivity index (χ1) is 14.4. The fraction of sp³-hybridized carbons (Fsp3) is 0.364. The lowest BCUT2D eigenvalue weighted by atomic mass is 9.93. The van der Waals surface area contributed by atoms with E-state index in [0.717, 1.165) is 24.3 Å². The minimum absolute atomic E-state index is 0.121. The van der Waals surface area contributed by atoms with E-state index in [4.69, 9.17) is 0 Å². The highest BCUT2D eigenvalue weighted by molar-refractivity contribution is 9.10. The number of carbonyl (C=O) groups excluding carboxylic acids is 1. The van der Waals surface area contributed by atoms with E-state index in [1.54, 1.807) is 0 Å². The average Bonchev–Trinajstić information content (AvgIpc) is 2.64. The summed E-state index contributed by atoms with van der Waals surface area (Å²) in [5.74, 6) is -6.51. The van der Waals surface area contributed by atoms with Gasteiger partial charge in [-0.05, 0) is 43.0 Å². The number of carbonyl (C=O) groups is 2. The Morgan fingerprint density at radius 3 is 2.19 bits per heavy atom. The van der Waals surface area contributed by atoms with Gasteiger partial charge >= 0.3 is 5.97 Å². The molecule has 1 amide bonds. The molecule has 0 bridgehead atoms. The monoisotopic (exact) mass is 503 g/mol. The zero-order chi connectivity index (χ0) is 23.5. The van der Waals surface area contributed by atoms with Crippen LogP contribution in [0.4, 0.5) is 17.6 Å². The quantitative estimate of drug-likeness (QED) is 0.360. The van der Waals surface area contributed by atoms with E-state index in [-0.39, 0.29) is 11.5 Å². The highest BCUT2D eigenvalue weighted by atomic mass is 79.9. The van der Waals surface area contributed by atoms with Crippen LogP contribution in [0.2, 0.25) is 0 Å². The van der Waals surface area contributed by atoms with E-state index in [1.165, 1.54) is 6.92 Å². The second-order valence-corrected chi connectivity index (χ2v) is 8.74. The molecule has 168 valence electrons. The zero-order valence-corrected chi connectivity index (χ0v) is 18.7. The molecule has 0 aromatic heterocycles. The Morgan fingerprint density at radius 1 is 1.10 bits per heavy atom. The number of aryl methyl sites for hydroxylation is 1. The minimum Gasteiger partial charge on any atom is -0.481 e. The largest absolute Gasteiger partial charge is 0.481 e. The van der Waals surface area contributed by atoms with Gasteiger partial charge in [0.25, 0.3) is 0 Å². The van der Waals surface area contributed by atoms with E-state index in [1.807, 2.05) is 13.8 Å². The Kier molecular flexibility index (Phi) is 8.22. The summed E-state index contributed by atoms with van der Waals surface area (Å²) in [4.78, 5) is 23.1. The predicted octanol–water partition coefficient (Wildman–Crippen LogP) is 5.66. The Morgan fingerprint density at radius 2 is 1.68 bits per heavy atom.